The highest BCUT2D eigenvalue weighted by molar-refractivity contribution is 7.80. The van der Waals surface area contributed by atoms with Crippen molar-refractivity contribution in [3.63, 3.8) is 0 Å². The molecule has 0 aliphatic heterocycles. The molecule has 118 valence electrons. The number of rotatable bonds is 2. The van der Waals surface area contributed by atoms with Crippen LogP contribution in [0.15, 0.2) is 29.3 Å². The predicted molar refractivity (Wildman–Crippen MR) is 76.4 cm³/mol. The molecule has 1 aliphatic rings. The Bertz CT molecular complexity index is 825. The number of aromatic nitrogens is 1. The number of nitriles is 1. The van der Waals surface area contributed by atoms with E-state index in [4.69, 9.17) is 10.00 Å². The van der Waals surface area contributed by atoms with E-state index in [-0.39, 0.29) is 33.2 Å². The van der Waals surface area contributed by atoms with Crippen LogP contribution in [0.1, 0.15) is 29.0 Å². The van der Waals surface area contributed by atoms with Crippen molar-refractivity contribution in [3.05, 3.63) is 46.9 Å². The smallest absolute Gasteiger partial charge is 0.225 e. The van der Waals surface area contributed by atoms with Crippen molar-refractivity contribution in [1.29, 1.82) is 5.26 Å². The van der Waals surface area contributed by atoms with Crippen molar-refractivity contribution in [2.24, 2.45) is 0 Å². The SMILES string of the molecule is N#Cc1cc(F)cc(Oc2ncc(S)c3c2C(F)C(F)C3O)c1. The molecule has 0 fully saturated rings. The first-order chi connectivity index (χ1) is 10.9. The summed E-state index contributed by atoms with van der Waals surface area (Å²) < 4.78 is 46.6. The summed E-state index contributed by atoms with van der Waals surface area (Å²) in [7, 11) is 0. The van der Waals surface area contributed by atoms with Crippen molar-refractivity contribution in [2.45, 2.75) is 23.3 Å². The van der Waals surface area contributed by atoms with Gasteiger partial charge in [0.05, 0.1) is 17.2 Å². The Labute approximate surface area is 134 Å². The van der Waals surface area contributed by atoms with E-state index in [0.717, 1.165) is 12.1 Å². The highest BCUT2D eigenvalue weighted by atomic mass is 32.1. The van der Waals surface area contributed by atoms with Gasteiger partial charge in [0.15, 0.2) is 12.3 Å². The van der Waals surface area contributed by atoms with Gasteiger partial charge in [-0.1, -0.05) is 0 Å². The summed E-state index contributed by atoms with van der Waals surface area (Å²) in [5, 5.41) is 18.6. The third-order valence-corrected chi connectivity index (χ3v) is 3.82. The number of aliphatic hydroxyl groups excluding tert-OH is 1. The minimum atomic E-state index is -2.16. The molecule has 1 aromatic heterocycles. The Morgan fingerprint density at radius 2 is 2.00 bits per heavy atom. The molecule has 0 bridgehead atoms. The summed E-state index contributed by atoms with van der Waals surface area (Å²) in [5.74, 6) is -1.12. The Balaban J connectivity index is 2.07. The molecule has 3 atom stereocenters. The molecule has 1 heterocycles. The number of nitrogens with zero attached hydrogens (tertiary/aromatic N) is 2. The molecule has 0 spiro atoms. The van der Waals surface area contributed by atoms with Crippen LogP contribution < -0.4 is 4.74 Å². The van der Waals surface area contributed by atoms with Crippen LogP contribution in [-0.2, 0) is 0 Å². The van der Waals surface area contributed by atoms with Gasteiger partial charge in [0.1, 0.15) is 17.7 Å². The Morgan fingerprint density at radius 1 is 1.26 bits per heavy atom. The van der Waals surface area contributed by atoms with Gasteiger partial charge < -0.3 is 9.84 Å². The fraction of sp³-hybridized carbons (Fsp3) is 0.200. The molecule has 4 nitrogen and oxygen atoms in total. The maximum atomic E-state index is 14.1. The zero-order valence-electron chi connectivity index (χ0n) is 11.4. The molecular formula is C15H9F3N2O2S. The van der Waals surface area contributed by atoms with Crippen LogP contribution in [0.25, 0.3) is 0 Å². The minimum absolute atomic E-state index is 0.00246. The number of thiol groups is 1. The van der Waals surface area contributed by atoms with Crippen LogP contribution >= 0.6 is 12.6 Å². The van der Waals surface area contributed by atoms with E-state index in [1.54, 1.807) is 6.07 Å². The number of alkyl halides is 2. The molecule has 8 heteroatoms. The average Bonchev–Trinajstić information content (AvgIpc) is 2.75. The standard InChI is InChI=1S/C15H9F3N2O2S/c16-7-1-6(4-19)2-8(3-7)22-15-11-10(9(23)5-20-15)14(21)13(18)12(11)17/h1-3,5,12-14,21,23H. The van der Waals surface area contributed by atoms with Crippen molar-refractivity contribution in [2.75, 3.05) is 0 Å². The molecule has 23 heavy (non-hydrogen) atoms. The van der Waals surface area contributed by atoms with Gasteiger partial charge in [-0.25, -0.2) is 18.2 Å². The number of ether oxygens (including phenoxy) is 1. The van der Waals surface area contributed by atoms with Gasteiger partial charge in [-0.15, -0.1) is 12.6 Å². The first-order valence-electron chi connectivity index (χ1n) is 6.49. The molecule has 1 aliphatic carbocycles. The van der Waals surface area contributed by atoms with Crippen LogP contribution in [0, 0.1) is 17.1 Å². The van der Waals surface area contributed by atoms with E-state index in [1.165, 1.54) is 12.3 Å². The third-order valence-electron chi connectivity index (χ3n) is 3.47. The van der Waals surface area contributed by atoms with Gasteiger partial charge in [0.2, 0.25) is 5.88 Å². The average molecular weight is 338 g/mol. The number of pyridine rings is 1. The van der Waals surface area contributed by atoms with Crippen molar-refractivity contribution < 1.29 is 23.0 Å². The van der Waals surface area contributed by atoms with Gasteiger partial charge in [-0.3, -0.25) is 0 Å². The van der Waals surface area contributed by atoms with E-state index in [9.17, 15) is 18.3 Å². The third kappa shape index (κ3) is 2.62. The molecule has 0 saturated heterocycles. The van der Waals surface area contributed by atoms with Gasteiger partial charge in [-0.2, -0.15) is 5.26 Å². The lowest BCUT2D eigenvalue weighted by molar-refractivity contribution is 0.0455. The summed E-state index contributed by atoms with van der Waals surface area (Å²) in [6, 6.07) is 4.97. The fourth-order valence-corrected chi connectivity index (χ4v) is 2.76. The largest absolute Gasteiger partial charge is 0.438 e. The van der Waals surface area contributed by atoms with Crippen LogP contribution in [0.3, 0.4) is 0 Å². The Morgan fingerprint density at radius 3 is 2.70 bits per heavy atom. The number of hydrogen-bond donors (Lipinski definition) is 2. The lowest BCUT2D eigenvalue weighted by Gasteiger charge is -2.12. The fourth-order valence-electron chi connectivity index (χ4n) is 2.45. The summed E-state index contributed by atoms with van der Waals surface area (Å²) >= 11 is 4.04. The molecule has 0 radical (unpaired) electrons. The number of halogens is 3. The lowest BCUT2D eigenvalue weighted by Crippen LogP contribution is -2.09. The summed E-state index contributed by atoms with van der Waals surface area (Å²) in [4.78, 5) is 3.95. The second-order valence-electron chi connectivity index (χ2n) is 4.96. The Kier molecular flexibility index (Phi) is 3.92. The van der Waals surface area contributed by atoms with E-state index < -0.39 is 24.3 Å². The highest BCUT2D eigenvalue weighted by Crippen LogP contribution is 2.49. The maximum Gasteiger partial charge on any atom is 0.225 e. The molecule has 3 unspecified atom stereocenters. The maximum absolute atomic E-state index is 14.1. The van der Waals surface area contributed by atoms with Crippen LogP contribution in [0.2, 0.25) is 0 Å². The number of fused-ring (bicyclic) bond motifs is 1. The van der Waals surface area contributed by atoms with Crippen LogP contribution in [-0.4, -0.2) is 16.3 Å². The quantitative estimate of drug-likeness (QED) is 0.822. The number of hydrogen-bond acceptors (Lipinski definition) is 5. The zero-order valence-corrected chi connectivity index (χ0v) is 12.3. The molecule has 1 aromatic carbocycles. The molecule has 2 aromatic rings. The second-order valence-corrected chi connectivity index (χ2v) is 5.44. The minimum Gasteiger partial charge on any atom is -0.438 e. The number of aliphatic hydroxyl groups is 1. The second kappa shape index (κ2) is 5.76. The van der Waals surface area contributed by atoms with Gasteiger partial charge in [0.25, 0.3) is 0 Å². The van der Waals surface area contributed by atoms with E-state index in [2.05, 4.69) is 17.6 Å². The highest BCUT2D eigenvalue weighted by Gasteiger charge is 2.45. The van der Waals surface area contributed by atoms with Crippen LogP contribution in [0.4, 0.5) is 13.2 Å². The molecule has 0 saturated carbocycles. The predicted octanol–water partition coefficient (Wildman–Crippen LogP) is 3.57. The van der Waals surface area contributed by atoms with E-state index in [1.807, 2.05) is 0 Å². The van der Waals surface area contributed by atoms with Gasteiger partial charge in [0, 0.05) is 22.7 Å². The first-order valence-corrected chi connectivity index (χ1v) is 6.93. The zero-order chi connectivity index (χ0) is 16.7. The van der Waals surface area contributed by atoms with Crippen LogP contribution in [0.5, 0.6) is 11.6 Å². The monoisotopic (exact) mass is 338 g/mol. The van der Waals surface area contributed by atoms with Gasteiger partial charge in [-0.05, 0) is 12.1 Å². The van der Waals surface area contributed by atoms with Crippen molar-refractivity contribution in [3.8, 4) is 17.7 Å². The van der Waals surface area contributed by atoms with Crippen molar-refractivity contribution in [1.82, 2.24) is 4.98 Å². The summed E-state index contributed by atoms with van der Waals surface area (Å²) in [6.07, 6.45) is -4.81. The topological polar surface area (TPSA) is 66.1 Å². The molecule has 1 N–H and O–H groups in total. The van der Waals surface area contributed by atoms with Gasteiger partial charge >= 0.3 is 0 Å². The molecule has 3 rings (SSSR count). The first kappa shape index (κ1) is 15.6. The summed E-state index contributed by atoms with van der Waals surface area (Å²) in [6.45, 7) is 0. The molecule has 0 amide bonds. The van der Waals surface area contributed by atoms with E-state index in [0.29, 0.717) is 0 Å². The lowest BCUT2D eigenvalue weighted by atomic mass is 10.1. The van der Waals surface area contributed by atoms with Crippen molar-refractivity contribution >= 4 is 12.6 Å². The summed E-state index contributed by atoms with van der Waals surface area (Å²) in [5.41, 5.74) is -0.307. The number of benzene rings is 1. The van der Waals surface area contributed by atoms with E-state index >= 15 is 0 Å². The Hall–Kier alpha value is -2.24. The molecular weight excluding hydrogens is 329 g/mol. The normalized spacial score (nSPS) is 22.5.